The van der Waals surface area contributed by atoms with E-state index in [1.807, 2.05) is 0 Å². The lowest BCUT2D eigenvalue weighted by atomic mass is 10.1. The van der Waals surface area contributed by atoms with Crippen LogP contribution in [0.2, 0.25) is 0 Å². The minimum absolute atomic E-state index is 0.135. The highest BCUT2D eigenvalue weighted by Gasteiger charge is 2.46. The summed E-state index contributed by atoms with van der Waals surface area (Å²) < 4.78 is 61.2. The lowest BCUT2D eigenvalue weighted by molar-refractivity contribution is -0.393. The van der Waals surface area contributed by atoms with Gasteiger partial charge in [0.05, 0.1) is 21.6 Å². The van der Waals surface area contributed by atoms with Crippen molar-refractivity contribution in [2.45, 2.75) is 12.4 Å². The van der Waals surface area contributed by atoms with Crippen LogP contribution in [-0.4, -0.2) is 29.5 Å². The zero-order valence-electron chi connectivity index (χ0n) is 14.9. The summed E-state index contributed by atoms with van der Waals surface area (Å²) in [5.74, 6) is 0. The first-order chi connectivity index (χ1) is 13.8. The number of alkyl halides is 3. The molecule has 2 rings (SSSR count). The molecule has 2 aromatic rings. The van der Waals surface area contributed by atoms with Crippen molar-refractivity contribution in [3.05, 3.63) is 68.3 Å². The van der Waals surface area contributed by atoms with Crippen molar-refractivity contribution in [1.29, 1.82) is 0 Å². The molecule has 0 unspecified atom stereocenters. The maximum absolute atomic E-state index is 12.5. The van der Waals surface area contributed by atoms with Crippen LogP contribution in [0.3, 0.4) is 0 Å². The van der Waals surface area contributed by atoms with Gasteiger partial charge in [-0.25, -0.2) is 0 Å². The second-order valence-electron chi connectivity index (χ2n) is 5.66. The molecule has 0 aromatic heterocycles. The Kier molecular flexibility index (Phi) is 6.25. The van der Waals surface area contributed by atoms with E-state index in [1.54, 1.807) is 0 Å². The molecular formula is C15H12F3N5O6S. The fourth-order valence-corrected chi connectivity index (χ4v) is 2.66. The van der Waals surface area contributed by atoms with Gasteiger partial charge in [0.1, 0.15) is 5.69 Å². The van der Waals surface area contributed by atoms with Crippen molar-refractivity contribution in [1.82, 2.24) is 0 Å². The number of rotatable bonds is 7. The molecule has 2 aromatic carbocycles. The van der Waals surface area contributed by atoms with Crippen LogP contribution >= 0.6 is 0 Å². The number of anilines is 2. The number of sulfonamides is 1. The van der Waals surface area contributed by atoms with E-state index in [1.165, 1.54) is 23.8 Å². The van der Waals surface area contributed by atoms with E-state index in [-0.39, 0.29) is 22.6 Å². The lowest BCUT2D eigenvalue weighted by Gasteiger charge is -2.11. The molecule has 0 amide bonds. The largest absolute Gasteiger partial charge is 0.516 e. The van der Waals surface area contributed by atoms with E-state index >= 15 is 0 Å². The minimum atomic E-state index is -5.61. The number of nitro groups is 2. The molecular weight excluding hydrogens is 435 g/mol. The molecule has 0 radical (unpaired) electrons. The Hall–Kier alpha value is -3.75. The average Bonchev–Trinajstić information content (AvgIpc) is 2.64. The third-order valence-electron chi connectivity index (χ3n) is 3.57. The van der Waals surface area contributed by atoms with Crippen molar-refractivity contribution in [2.24, 2.45) is 5.10 Å². The van der Waals surface area contributed by atoms with Gasteiger partial charge in [0.25, 0.3) is 5.69 Å². The van der Waals surface area contributed by atoms with Crippen LogP contribution in [0.25, 0.3) is 0 Å². The fourth-order valence-electron chi connectivity index (χ4n) is 2.11. The maximum atomic E-state index is 12.5. The van der Waals surface area contributed by atoms with Gasteiger partial charge in [-0.2, -0.15) is 26.7 Å². The number of nitro benzene ring substituents is 2. The van der Waals surface area contributed by atoms with Gasteiger partial charge >= 0.3 is 21.2 Å². The first-order valence-corrected chi connectivity index (χ1v) is 9.23. The summed E-state index contributed by atoms with van der Waals surface area (Å²) in [6.07, 6.45) is 0. The van der Waals surface area contributed by atoms with E-state index in [0.717, 1.165) is 30.3 Å². The number of nitrogens with zero attached hydrogens (tertiary/aromatic N) is 3. The Morgan fingerprint density at radius 3 is 2.30 bits per heavy atom. The summed E-state index contributed by atoms with van der Waals surface area (Å²) >= 11 is 0. The molecule has 160 valence electrons. The molecule has 0 fully saturated rings. The van der Waals surface area contributed by atoms with Crippen LogP contribution in [0.5, 0.6) is 0 Å². The smallest absolute Gasteiger partial charge is 0.276 e. The van der Waals surface area contributed by atoms with Crippen LogP contribution < -0.4 is 10.1 Å². The highest BCUT2D eigenvalue weighted by Crippen LogP contribution is 2.29. The highest BCUT2D eigenvalue weighted by atomic mass is 32.2. The Morgan fingerprint density at radius 2 is 1.73 bits per heavy atom. The third kappa shape index (κ3) is 5.19. The standard InChI is InChI=1S/C15H12F3N5O6S/c1-9(10-3-2-4-11(7-10)21-30(28,29)15(16,17)18)19-20-13-6-5-12(22(24)25)8-14(13)23(26)27/h2-8,20-21H,1H3/b19-9+. The summed E-state index contributed by atoms with van der Waals surface area (Å²) in [4.78, 5) is 20.2. The zero-order chi connectivity index (χ0) is 22.7. The van der Waals surface area contributed by atoms with E-state index in [2.05, 4.69) is 10.5 Å². The van der Waals surface area contributed by atoms with Crippen LogP contribution in [0, 0.1) is 20.2 Å². The summed E-state index contributed by atoms with van der Waals surface area (Å²) in [5.41, 5.74) is -4.47. The summed E-state index contributed by atoms with van der Waals surface area (Å²) in [6.45, 7) is 1.40. The molecule has 11 nitrogen and oxygen atoms in total. The van der Waals surface area contributed by atoms with Gasteiger partial charge in [0.15, 0.2) is 0 Å². The van der Waals surface area contributed by atoms with E-state index in [0.29, 0.717) is 0 Å². The first-order valence-electron chi connectivity index (χ1n) is 7.74. The van der Waals surface area contributed by atoms with E-state index < -0.39 is 36.8 Å². The van der Waals surface area contributed by atoms with Gasteiger partial charge in [0, 0.05) is 11.8 Å². The topological polar surface area (TPSA) is 157 Å². The molecule has 0 aliphatic rings. The molecule has 0 aliphatic carbocycles. The number of nitrogens with one attached hydrogen (secondary N) is 2. The summed E-state index contributed by atoms with van der Waals surface area (Å²) in [5, 5.41) is 25.7. The average molecular weight is 447 g/mol. The van der Waals surface area contributed by atoms with E-state index in [4.69, 9.17) is 0 Å². The van der Waals surface area contributed by atoms with Crippen molar-refractivity contribution in [2.75, 3.05) is 10.1 Å². The van der Waals surface area contributed by atoms with Crippen LogP contribution in [0.15, 0.2) is 47.6 Å². The normalized spacial score (nSPS) is 12.3. The first kappa shape index (κ1) is 22.5. The summed E-state index contributed by atoms with van der Waals surface area (Å²) in [7, 11) is -5.61. The third-order valence-corrected chi connectivity index (χ3v) is 4.68. The molecule has 0 saturated carbocycles. The number of hydrogen-bond donors (Lipinski definition) is 2. The number of hydrogen-bond acceptors (Lipinski definition) is 8. The molecule has 0 spiro atoms. The second kappa shape index (κ2) is 8.32. The Morgan fingerprint density at radius 1 is 1.07 bits per heavy atom. The molecule has 15 heteroatoms. The van der Waals surface area contributed by atoms with Gasteiger partial charge in [0.2, 0.25) is 0 Å². The molecule has 0 heterocycles. The Balaban J connectivity index is 2.29. The molecule has 0 saturated heterocycles. The molecule has 2 N–H and O–H groups in total. The Labute approximate surface area is 166 Å². The monoisotopic (exact) mass is 447 g/mol. The predicted octanol–water partition coefficient (Wildman–Crippen LogP) is 3.60. The van der Waals surface area contributed by atoms with E-state index in [9.17, 15) is 41.8 Å². The predicted molar refractivity (Wildman–Crippen MR) is 101 cm³/mol. The quantitative estimate of drug-likeness (QED) is 0.373. The lowest BCUT2D eigenvalue weighted by Crippen LogP contribution is -2.29. The van der Waals surface area contributed by atoms with Gasteiger partial charge in [-0.05, 0) is 30.7 Å². The second-order valence-corrected chi connectivity index (χ2v) is 7.33. The van der Waals surface area contributed by atoms with Crippen LogP contribution in [-0.2, 0) is 10.0 Å². The molecule has 0 atom stereocenters. The minimum Gasteiger partial charge on any atom is -0.276 e. The molecule has 30 heavy (non-hydrogen) atoms. The zero-order valence-corrected chi connectivity index (χ0v) is 15.7. The number of non-ortho nitro benzene ring substituents is 1. The van der Waals surface area contributed by atoms with Crippen molar-refractivity contribution in [3.63, 3.8) is 0 Å². The number of benzene rings is 2. The number of halogens is 3. The van der Waals surface area contributed by atoms with Gasteiger partial charge in [-0.15, -0.1) is 0 Å². The van der Waals surface area contributed by atoms with Crippen LogP contribution in [0.1, 0.15) is 12.5 Å². The van der Waals surface area contributed by atoms with Crippen LogP contribution in [0.4, 0.5) is 35.9 Å². The molecule has 0 aliphatic heterocycles. The SMILES string of the molecule is C/C(=N\Nc1ccc([N+](=O)[O-])cc1[N+](=O)[O-])c1cccc(NS(=O)(=O)C(F)(F)F)c1. The van der Waals surface area contributed by atoms with Gasteiger partial charge in [-0.1, -0.05) is 12.1 Å². The molecule has 0 bridgehead atoms. The number of hydrazone groups is 1. The maximum Gasteiger partial charge on any atom is 0.516 e. The van der Waals surface area contributed by atoms with Crippen molar-refractivity contribution >= 4 is 38.5 Å². The summed E-state index contributed by atoms with van der Waals surface area (Å²) in [6, 6.07) is 7.68. The van der Waals surface area contributed by atoms with Crippen molar-refractivity contribution < 1.29 is 31.4 Å². The highest BCUT2D eigenvalue weighted by molar-refractivity contribution is 7.93. The van der Waals surface area contributed by atoms with Crippen molar-refractivity contribution in [3.8, 4) is 0 Å². The van der Waals surface area contributed by atoms with Gasteiger partial charge < -0.3 is 0 Å². The Bertz CT molecular complexity index is 1130. The fraction of sp³-hybridized carbons (Fsp3) is 0.133. The van der Waals surface area contributed by atoms with Gasteiger partial charge in [-0.3, -0.25) is 30.4 Å².